The van der Waals surface area contributed by atoms with Crippen LogP contribution in [0.2, 0.25) is 0 Å². The van der Waals surface area contributed by atoms with Crippen LogP contribution in [0, 0.1) is 13.8 Å². The van der Waals surface area contributed by atoms with Gasteiger partial charge in [0.05, 0.1) is 11.3 Å². The molecule has 0 radical (unpaired) electrons. The van der Waals surface area contributed by atoms with E-state index >= 15 is 0 Å². The Balaban J connectivity index is 1.62. The molecular formula is C29H29N3O3. The van der Waals surface area contributed by atoms with Gasteiger partial charge in [0.25, 0.3) is 11.7 Å². The number of aromatic nitrogens is 1. The number of hydrogen-bond acceptors (Lipinski definition) is 5. The van der Waals surface area contributed by atoms with Gasteiger partial charge in [-0.05, 0) is 81.1 Å². The molecule has 1 atom stereocenters. The fraction of sp³-hybridized carbons (Fsp3) is 0.276. The summed E-state index contributed by atoms with van der Waals surface area (Å²) in [6, 6.07) is 18.0. The van der Waals surface area contributed by atoms with Gasteiger partial charge in [0.15, 0.2) is 0 Å². The van der Waals surface area contributed by atoms with Gasteiger partial charge in [-0.2, -0.15) is 0 Å². The number of rotatable bonds is 4. The van der Waals surface area contributed by atoms with Gasteiger partial charge in [-0.1, -0.05) is 23.8 Å². The summed E-state index contributed by atoms with van der Waals surface area (Å²) in [4.78, 5) is 35.0. The Morgan fingerprint density at radius 2 is 1.63 bits per heavy atom. The second-order valence-corrected chi connectivity index (χ2v) is 9.31. The number of hydrogen-bond donors (Lipinski definition) is 1. The molecule has 6 nitrogen and oxygen atoms in total. The monoisotopic (exact) mass is 467 g/mol. The molecule has 0 aliphatic carbocycles. The zero-order valence-corrected chi connectivity index (χ0v) is 20.1. The van der Waals surface area contributed by atoms with Gasteiger partial charge < -0.3 is 10.0 Å². The van der Waals surface area contributed by atoms with Crippen molar-refractivity contribution in [3.63, 3.8) is 0 Å². The Hall–Kier alpha value is -3.93. The van der Waals surface area contributed by atoms with Gasteiger partial charge >= 0.3 is 0 Å². The van der Waals surface area contributed by atoms with Crippen molar-refractivity contribution in [1.82, 2.24) is 4.98 Å². The van der Waals surface area contributed by atoms with Crippen molar-refractivity contribution in [1.29, 1.82) is 0 Å². The van der Waals surface area contributed by atoms with E-state index in [1.54, 1.807) is 18.3 Å². The van der Waals surface area contributed by atoms with Crippen molar-refractivity contribution in [3.05, 3.63) is 94.8 Å². The number of anilines is 2. The molecule has 35 heavy (non-hydrogen) atoms. The van der Waals surface area contributed by atoms with Crippen LogP contribution in [0.15, 0.2) is 72.4 Å². The summed E-state index contributed by atoms with van der Waals surface area (Å²) in [6.07, 6.45) is 5.24. The minimum Gasteiger partial charge on any atom is -0.507 e. The average Bonchev–Trinajstić information content (AvgIpc) is 3.16. The number of Topliss-reactive ketones (excluding diaryl/α,β-unsaturated/α-hetero) is 1. The molecule has 0 saturated carbocycles. The normalized spacial score (nSPS) is 19.9. The molecule has 2 aliphatic rings. The first-order valence-electron chi connectivity index (χ1n) is 12.1. The molecule has 2 aliphatic heterocycles. The molecule has 0 bridgehead atoms. The molecule has 3 heterocycles. The van der Waals surface area contributed by atoms with Crippen LogP contribution in [-0.2, 0) is 9.59 Å². The molecule has 178 valence electrons. The van der Waals surface area contributed by atoms with Gasteiger partial charge in [0, 0.05) is 36.2 Å². The zero-order chi connectivity index (χ0) is 24.5. The third kappa shape index (κ3) is 4.20. The molecule has 2 aromatic carbocycles. The number of nitrogens with zero attached hydrogens (tertiary/aromatic N) is 3. The Morgan fingerprint density at radius 3 is 2.31 bits per heavy atom. The first-order valence-corrected chi connectivity index (χ1v) is 12.1. The lowest BCUT2D eigenvalue weighted by Gasteiger charge is -2.30. The molecule has 1 aromatic heterocycles. The quantitative estimate of drug-likeness (QED) is 0.320. The van der Waals surface area contributed by atoms with E-state index in [0.717, 1.165) is 29.9 Å². The molecule has 0 spiro atoms. The Labute approximate surface area is 205 Å². The Bertz CT molecular complexity index is 1290. The highest BCUT2D eigenvalue weighted by Gasteiger charge is 2.47. The SMILES string of the molecule is Cc1ccc(C)c(/C(O)=C2\C(=O)C(=O)N(c3ccc(N4CCCCC4)cc3)C2c2ccccn2)c1. The predicted octanol–water partition coefficient (Wildman–Crippen LogP) is 5.32. The van der Waals surface area contributed by atoms with Gasteiger partial charge in [-0.25, -0.2) is 0 Å². The maximum atomic E-state index is 13.4. The van der Waals surface area contributed by atoms with Gasteiger partial charge in [-0.3, -0.25) is 19.5 Å². The van der Waals surface area contributed by atoms with E-state index in [9.17, 15) is 14.7 Å². The fourth-order valence-corrected chi connectivity index (χ4v) is 5.03. The highest BCUT2D eigenvalue weighted by Crippen LogP contribution is 2.42. The van der Waals surface area contributed by atoms with Crippen molar-refractivity contribution >= 4 is 28.8 Å². The number of pyridine rings is 1. The van der Waals surface area contributed by atoms with Crippen LogP contribution in [0.1, 0.15) is 47.7 Å². The van der Waals surface area contributed by atoms with Gasteiger partial charge in [0.1, 0.15) is 11.8 Å². The van der Waals surface area contributed by atoms with Crippen LogP contribution < -0.4 is 9.80 Å². The van der Waals surface area contributed by atoms with E-state index in [2.05, 4.69) is 9.88 Å². The van der Waals surface area contributed by atoms with E-state index < -0.39 is 17.7 Å². The van der Waals surface area contributed by atoms with Gasteiger partial charge in [0.2, 0.25) is 0 Å². The summed E-state index contributed by atoms with van der Waals surface area (Å²) >= 11 is 0. The van der Waals surface area contributed by atoms with Crippen molar-refractivity contribution < 1.29 is 14.7 Å². The second-order valence-electron chi connectivity index (χ2n) is 9.31. The minimum absolute atomic E-state index is 0.0579. The van der Waals surface area contributed by atoms with Gasteiger partial charge in [-0.15, -0.1) is 0 Å². The van der Waals surface area contributed by atoms with E-state index in [1.807, 2.05) is 62.4 Å². The number of aryl methyl sites for hydroxylation is 2. The zero-order valence-electron chi connectivity index (χ0n) is 20.1. The summed E-state index contributed by atoms with van der Waals surface area (Å²) in [5.41, 5.74) is 4.61. The van der Waals surface area contributed by atoms with E-state index in [0.29, 0.717) is 16.9 Å². The molecule has 1 N–H and O–H groups in total. The molecule has 3 aromatic rings. The van der Waals surface area contributed by atoms with Crippen LogP contribution >= 0.6 is 0 Å². The highest BCUT2D eigenvalue weighted by molar-refractivity contribution is 6.51. The standard InChI is InChI=1S/C29H29N3O3/c1-19-9-10-20(2)23(18-19)27(33)25-26(24-8-4-5-15-30-24)32(29(35)28(25)34)22-13-11-21(12-14-22)31-16-6-3-7-17-31/h4-5,8-15,18,26,33H,3,6-7,16-17H2,1-2H3/b27-25+. The maximum Gasteiger partial charge on any atom is 0.300 e. The summed E-state index contributed by atoms with van der Waals surface area (Å²) < 4.78 is 0. The van der Waals surface area contributed by atoms with Crippen molar-refractivity contribution in [2.45, 2.75) is 39.2 Å². The number of piperidine rings is 1. The highest BCUT2D eigenvalue weighted by atomic mass is 16.3. The lowest BCUT2D eigenvalue weighted by molar-refractivity contribution is -0.132. The molecule has 1 amide bonds. The number of amides is 1. The van der Waals surface area contributed by atoms with E-state index in [1.165, 1.54) is 24.2 Å². The van der Waals surface area contributed by atoms with Crippen molar-refractivity contribution in [2.75, 3.05) is 22.9 Å². The summed E-state index contributed by atoms with van der Waals surface area (Å²) in [7, 11) is 0. The molecule has 6 heteroatoms. The van der Waals surface area contributed by atoms with Crippen LogP contribution in [0.3, 0.4) is 0 Å². The van der Waals surface area contributed by atoms with Crippen molar-refractivity contribution in [3.8, 4) is 0 Å². The summed E-state index contributed by atoms with van der Waals surface area (Å²) in [6.45, 7) is 5.84. The van der Waals surface area contributed by atoms with Crippen LogP contribution in [-0.4, -0.2) is 34.9 Å². The first-order chi connectivity index (χ1) is 17.0. The molecule has 2 fully saturated rings. The first kappa shape index (κ1) is 22.8. The smallest absolute Gasteiger partial charge is 0.300 e. The lowest BCUT2D eigenvalue weighted by atomic mass is 9.95. The number of aliphatic hydroxyl groups excluding tert-OH is 1. The fourth-order valence-electron chi connectivity index (χ4n) is 5.03. The number of carbonyl (C=O) groups excluding carboxylic acids is 2. The number of aliphatic hydroxyl groups is 1. The number of carbonyl (C=O) groups is 2. The summed E-state index contributed by atoms with van der Waals surface area (Å²) in [5.74, 6) is -1.55. The average molecular weight is 468 g/mol. The number of ketones is 1. The molecule has 1 unspecified atom stereocenters. The van der Waals surface area contributed by atoms with Crippen LogP contribution in [0.25, 0.3) is 5.76 Å². The predicted molar refractivity (Wildman–Crippen MR) is 137 cm³/mol. The van der Waals surface area contributed by atoms with E-state index in [4.69, 9.17) is 0 Å². The maximum absolute atomic E-state index is 13.4. The largest absolute Gasteiger partial charge is 0.507 e. The topological polar surface area (TPSA) is 73.7 Å². The van der Waals surface area contributed by atoms with E-state index in [-0.39, 0.29) is 11.3 Å². The lowest BCUT2D eigenvalue weighted by Crippen LogP contribution is -2.31. The summed E-state index contributed by atoms with van der Waals surface area (Å²) in [5, 5.41) is 11.4. The molecule has 5 rings (SSSR count). The third-order valence-electron chi connectivity index (χ3n) is 6.91. The van der Waals surface area contributed by atoms with Crippen molar-refractivity contribution in [2.24, 2.45) is 0 Å². The Kier molecular flexibility index (Phi) is 6.12. The Morgan fingerprint density at radius 1 is 0.914 bits per heavy atom. The van der Waals surface area contributed by atoms with Crippen LogP contribution in [0.5, 0.6) is 0 Å². The second kappa shape index (κ2) is 9.37. The molecular weight excluding hydrogens is 438 g/mol. The van der Waals surface area contributed by atoms with Crippen LogP contribution in [0.4, 0.5) is 11.4 Å². The minimum atomic E-state index is -0.822. The number of benzene rings is 2. The molecule has 2 saturated heterocycles. The third-order valence-corrected chi connectivity index (χ3v) is 6.91.